The molecule has 1 amide bonds. The summed E-state index contributed by atoms with van der Waals surface area (Å²) in [5, 5.41) is 10.1. The molecule has 0 radical (unpaired) electrons. The van der Waals surface area contributed by atoms with Gasteiger partial charge in [0.05, 0.1) is 18.3 Å². The first-order valence-corrected chi connectivity index (χ1v) is 6.76. The molecule has 0 aliphatic carbocycles. The molecule has 0 bridgehead atoms. The molecule has 1 aliphatic rings. The van der Waals surface area contributed by atoms with Crippen LogP contribution in [0.2, 0.25) is 0 Å². The Kier molecular flexibility index (Phi) is 3.75. The molecule has 3 N–H and O–H groups in total. The molecule has 0 fully saturated rings. The Hall–Kier alpha value is -1.59. The Morgan fingerprint density at radius 1 is 1.50 bits per heavy atom. The molecule has 1 aromatic carbocycles. The Labute approximate surface area is 119 Å². The number of aliphatic hydroxyl groups is 1. The lowest BCUT2D eigenvalue weighted by molar-refractivity contribution is -0.117. The second kappa shape index (κ2) is 5.07. The molecule has 110 valence electrons. The number of fused-ring (bicyclic) bond motifs is 1. The quantitative estimate of drug-likeness (QED) is 0.861. The first-order chi connectivity index (χ1) is 9.21. The molecule has 0 saturated heterocycles. The highest BCUT2D eigenvalue weighted by Gasteiger charge is 2.34. The lowest BCUT2D eigenvalue weighted by Crippen LogP contribution is -2.48. The summed E-state index contributed by atoms with van der Waals surface area (Å²) in [6.07, 6.45) is -0.760. The van der Waals surface area contributed by atoms with Crippen molar-refractivity contribution in [2.24, 2.45) is 5.73 Å². The van der Waals surface area contributed by atoms with Gasteiger partial charge in [-0.05, 0) is 38.5 Å². The summed E-state index contributed by atoms with van der Waals surface area (Å²) in [6, 6.07) is 4.97. The molecule has 5 heteroatoms. The molecule has 2 rings (SSSR count). The molecule has 1 aliphatic heterocycles. The third-order valence-corrected chi connectivity index (χ3v) is 3.42. The van der Waals surface area contributed by atoms with Gasteiger partial charge in [0.2, 0.25) is 5.91 Å². The molecule has 20 heavy (non-hydrogen) atoms. The predicted octanol–water partition coefficient (Wildman–Crippen LogP) is 1.59. The van der Waals surface area contributed by atoms with E-state index in [1.54, 1.807) is 30.0 Å². The van der Waals surface area contributed by atoms with Gasteiger partial charge in [0.1, 0.15) is 11.4 Å². The summed E-state index contributed by atoms with van der Waals surface area (Å²) in [5.41, 5.74) is 6.67. The van der Waals surface area contributed by atoms with Crippen LogP contribution >= 0.6 is 0 Å². The molecule has 5 nitrogen and oxygen atoms in total. The van der Waals surface area contributed by atoms with Crippen molar-refractivity contribution >= 4 is 11.6 Å². The number of rotatable bonds is 2. The van der Waals surface area contributed by atoms with Gasteiger partial charge in [-0.25, -0.2) is 0 Å². The number of nitrogens with zero attached hydrogens (tertiary/aromatic N) is 1. The second-order valence-electron chi connectivity index (χ2n) is 6.00. The normalized spacial score (nSPS) is 19.8. The summed E-state index contributed by atoms with van der Waals surface area (Å²) < 4.78 is 5.89. The minimum absolute atomic E-state index is 0.0462. The predicted molar refractivity (Wildman–Crippen MR) is 77.8 cm³/mol. The van der Waals surface area contributed by atoms with Crippen LogP contribution in [-0.4, -0.2) is 29.2 Å². The minimum atomic E-state index is -0.760. The van der Waals surface area contributed by atoms with Crippen LogP contribution in [0.1, 0.15) is 39.4 Å². The van der Waals surface area contributed by atoms with Gasteiger partial charge >= 0.3 is 0 Å². The molecule has 0 saturated carbocycles. The van der Waals surface area contributed by atoms with Gasteiger partial charge in [0, 0.05) is 13.0 Å². The number of aliphatic hydroxyl groups excluding tert-OH is 1. The number of hydrogen-bond acceptors (Lipinski definition) is 4. The van der Waals surface area contributed by atoms with E-state index in [0.29, 0.717) is 23.5 Å². The summed E-state index contributed by atoms with van der Waals surface area (Å²) in [7, 11) is 0. The monoisotopic (exact) mass is 278 g/mol. The number of ether oxygens (including phenoxy) is 1. The van der Waals surface area contributed by atoms with Crippen molar-refractivity contribution in [1.29, 1.82) is 0 Å². The van der Waals surface area contributed by atoms with Crippen LogP contribution in [0.25, 0.3) is 0 Å². The van der Waals surface area contributed by atoms with Crippen LogP contribution in [-0.2, 0) is 4.79 Å². The third kappa shape index (κ3) is 2.78. The van der Waals surface area contributed by atoms with Crippen molar-refractivity contribution < 1.29 is 14.6 Å². The Bertz CT molecular complexity index is 526. The average Bonchev–Trinajstić information content (AvgIpc) is 2.35. The van der Waals surface area contributed by atoms with Crippen LogP contribution in [0.3, 0.4) is 0 Å². The fraction of sp³-hybridized carbons (Fsp3) is 0.533. The zero-order valence-corrected chi connectivity index (χ0v) is 12.4. The fourth-order valence-corrected chi connectivity index (χ4v) is 2.40. The standard InChI is InChI=1S/C15H22N2O3/c1-9(16)14(19)11-5-6-13-12(7-11)17(10(2)18)8-15(3,4)20-13/h5-7,9,14,19H,8,16H2,1-4H3. The Morgan fingerprint density at radius 3 is 2.70 bits per heavy atom. The summed E-state index contributed by atoms with van der Waals surface area (Å²) in [4.78, 5) is 13.5. The second-order valence-corrected chi connectivity index (χ2v) is 6.00. The van der Waals surface area contributed by atoms with Crippen molar-refractivity contribution in [3.05, 3.63) is 23.8 Å². The first kappa shape index (κ1) is 14.8. The van der Waals surface area contributed by atoms with Crippen LogP contribution in [0.4, 0.5) is 5.69 Å². The van der Waals surface area contributed by atoms with Crippen LogP contribution < -0.4 is 15.4 Å². The Balaban J connectivity index is 2.46. The Morgan fingerprint density at radius 2 is 2.15 bits per heavy atom. The van der Waals surface area contributed by atoms with E-state index in [-0.39, 0.29) is 11.9 Å². The van der Waals surface area contributed by atoms with Gasteiger partial charge in [-0.15, -0.1) is 0 Å². The van der Waals surface area contributed by atoms with E-state index < -0.39 is 11.7 Å². The number of anilines is 1. The average molecular weight is 278 g/mol. The summed E-state index contributed by atoms with van der Waals surface area (Å²) in [6.45, 7) is 7.63. The van der Waals surface area contributed by atoms with Crippen LogP contribution in [0.5, 0.6) is 5.75 Å². The van der Waals surface area contributed by atoms with Crippen molar-refractivity contribution in [3.63, 3.8) is 0 Å². The number of carbonyl (C=O) groups is 1. The lowest BCUT2D eigenvalue weighted by Gasteiger charge is -2.39. The zero-order chi connectivity index (χ0) is 15.1. The molecule has 1 aromatic rings. The smallest absolute Gasteiger partial charge is 0.224 e. The molecule has 0 aromatic heterocycles. The number of carbonyl (C=O) groups excluding carboxylic acids is 1. The van der Waals surface area contributed by atoms with Gasteiger partial charge in [0.25, 0.3) is 0 Å². The maximum absolute atomic E-state index is 11.8. The van der Waals surface area contributed by atoms with Crippen LogP contribution in [0.15, 0.2) is 18.2 Å². The minimum Gasteiger partial charge on any atom is -0.484 e. The molecule has 1 heterocycles. The number of benzene rings is 1. The van der Waals surface area contributed by atoms with E-state index >= 15 is 0 Å². The highest BCUT2D eigenvalue weighted by molar-refractivity contribution is 5.94. The van der Waals surface area contributed by atoms with E-state index in [4.69, 9.17) is 10.5 Å². The van der Waals surface area contributed by atoms with Gasteiger partial charge < -0.3 is 20.5 Å². The number of nitrogens with two attached hydrogens (primary N) is 1. The lowest BCUT2D eigenvalue weighted by atomic mass is 10.00. The van der Waals surface area contributed by atoms with Crippen molar-refractivity contribution in [3.8, 4) is 5.75 Å². The fourth-order valence-electron chi connectivity index (χ4n) is 2.40. The van der Waals surface area contributed by atoms with E-state index in [2.05, 4.69) is 0 Å². The largest absolute Gasteiger partial charge is 0.484 e. The van der Waals surface area contributed by atoms with Crippen LogP contribution in [0, 0.1) is 0 Å². The number of hydrogen-bond donors (Lipinski definition) is 2. The van der Waals surface area contributed by atoms with Crippen molar-refractivity contribution in [1.82, 2.24) is 0 Å². The first-order valence-electron chi connectivity index (χ1n) is 6.76. The molecule has 0 spiro atoms. The SMILES string of the molecule is CC(=O)N1CC(C)(C)Oc2ccc(C(O)C(C)N)cc21. The van der Waals surface area contributed by atoms with E-state index in [1.165, 1.54) is 6.92 Å². The maximum Gasteiger partial charge on any atom is 0.224 e. The van der Waals surface area contributed by atoms with E-state index in [0.717, 1.165) is 0 Å². The molecule has 2 atom stereocenters. The molecular weight excluding hydrogens is 256 g/mol. The summed E-state index contributed by atoms with van der Waals surface area (Å²) in [5.74, 6) is 0.604. The van der Waals surface area contributed by atoms with E-state index in [9.17, 15) is 9.90 Å². The van der Waals surface area contributed by atoms with Gasteiger partial charge in [-0.1, -0.05) is 6.07 Å². The van der Waals surface area contributed by atoms with E-state index in [1.807, 2.05) is 13.8 Å². The maximum atomic E-state index is 11.8. The van der Waals surface area contributed by atoms with Crippen molar-refractivity contribution in [2.75, 3.05) is 11.4 Å². The number of amides is 1. The highest BCUT2D eigenvalue weighted by Crippen LogP contribution is 2.38. The topological polar surface area (TPSA) is 75.8 Å². The third-order valence-electron chi connectivity index (χ3n) is 3.42. The molecule has 2 unspecified atom stereocenters. The highest BCUT2D eigenvalue weighted by atomic mass is 16.5. The molecular formula is C15H22N2O3. The van der Waals surface area contributed by atoms with Crippen molar-refractivity contribution in [2.45, 2.75) is 45.4 Å². The van der Waals surface area contributed by atoms with Gasteiger partial charge in [-0.2, -0.15) is 0 Å². The summed E-state index contributed by atoms with van der Waals surface area (Å²) >= 11 is 0. The van der Waals surface area contributed by atoms with Gasteiger partial charge in [-0.3, -0.25) is 4.79 Å². The van der Waals surface area contributed by atoms with Gasteiger partial charge in [0.15, 0.2) is 0 Å². The zero-order valence-electron chi connectivity index (χ0n) is 12.4.